The Balaban J connectivity index is 1.76. The van der Waals surface area contributed by atoms with Gasteiger partial charge in [-0.05, 0) is 30.9 Å². The summed E-state index contributed by atoms with van der Waals surface area (Å²) in [6.07, 6.45) is 2.83. The Morgan fingerprint density at radius 2 is 2.04 bits per heavy atom. The molecule has 1 saturated heterocycles. The number of hydrogen-bond acceptors (Lipinski definition) is 4. The quantitative estimate of drug-likeness (QED) is 0.803. The van der Waals surface area contributed by atoms with Gasteiger partial charge in [-0.3, -0.25) is 9.59 Å². The van der Waals surface area contributed by atoms with Crippen LogP contribution in [0.1, 0.15) is 28.9 Å². The molecule has 6 heteroatoms. The number of ether oxygens (including phenoxy) is 1. The van der Waals surface area contributed by atoms with E-state index < -0.39 is 0 Å². The van der Waals surface area contributed by atoms with E-state index in [4.69, 9.17) is 4.74 Å². The minimum atomic E-state index is -0.226. The Morgan fingerprint density at radius 3 is 2.80 bits per heavy atom. The molecule has 6 nitrogen and oxygen atoms in total. The zero-order valence-electron chi connectivity index (χ0n) is 14.4. The first-order valence-electron chi connectivity index (χ1n) is 8.61. The van der Waals surface area contributed by atoms with Crippen LogP contribution in [0.2, 0.25) is 0 Å². The van der Waals surface area contributed by atoms with Gasteiger partial charge in [0.2, 0.25) is 0 Å². The van der Waals surface area contributed by atoms with Crippen LogP contribution in [0.4, 0.5) is 0 Å². The average Bonchev–Trinajstić information content (AvgIpc) is 3.09. The zero-order valence-corrected chi connectivity index (χ0v) is 14.4. The zero-order chi connectivity index (χ0) is 17.6. The van der Waals surface area contributed by atoms with Crippen molar-refractivity contribution in [1.82, 2.24) is 14.7 Å². The number of methoxy groups -OCH3 is 1. The van der Waals surface area contributed by atoms with Gasteiger partial charge in [0.05, 0.1) is 13.2 Å². The van der Waals surface area contributed by atoms with Crippen molar-refractivity contribution in [2.24, 2.45) is 0 Å². The van der Waals surface area contributed by atoms with E-state index in [1.165, 1.54) is 22.4 Å². The highest BCUT2D eigenvalue weighted by atomic mass is 16.5. The summed E-state index contributed by atoms with van der Waals surface area (Å²) >= 11 is 0. The van der Waals surface area contributed by atoms with E-state index in [-0.39, 0.29) is 17.5 Å². The van der Waals surface area contributed by atoms with Crippen LogP contribution in [0.5, 0.6) is 0 Å². The predicted molar refractivity (Wildman–Crippen MR) is 94.6 cm³/mol. The largest absolute Gasteiger partial charge is 0.383 e. The Labute approximate surface area is 147 Å². The van der Waals surface area contributed by atoms with Crippen LogP contribution >= 0.6 is 0 Å². The van der Waals surface area contributed by atoms with Gasteiger partial charge in [-0.15, -0.1) is 0 Å². The third-order valence-corrected chi connectivity index (χ3v) is 4.55. The first kappa shape index (κ1) is 17.4. The SMILES string of the molecule is COCCn1nc(C(=O)N2CCC[C@H]2Cc2ccccc2)ccc1=O. The Bertz CT molecular complexity index is 773. The van der Waals surface area contributed by atoms with Crippen molar-refractivity contribution in [3.63, 3.8) is 0 Å². The van der Waals surface area contributed by atoms with Gasteiger partial charge < -0.3 is 9.64 Å². The average molecular weight is 341 g/mol. The number of amides is 1. The third kappa shape index (κ3) is 4.14. The minimum Gasteiger partial charge on any atom is -0.383 e. The normalized spacial score (nSPS) is 17.0. The molecule has 0 N–H and O–H groups in total. The molecule has 1 aliphatic heterocycles. The van der Waals surface area contributed by atoms with E-state index in [0.717, 1.165) is 25.8 Å². The van der Waals surface area contributed by atoms with Crippen molar-refractivity contribution >= 4 is 5.91 Å². The van der Waals surface area contributed by atoms with Crippen LogP contribution in [-0.2, 0) is 17.7 Å². The summed E-state index contributed by atoms with van der Waals surface area (Å²) < 4.78 is 6.28. The molecule has 0 aliphatic carbocycles. The van der Waals surface area contributed by atoms with E-state index in [1.807, 2.05) is 23.1 Å². The predicted octanol–water partition coefficient (Wildman–Crippen LogP) is 1.74. The monoisotopic (exact) mass is 341 g/mol. The van der Waals surface area contributed by atoms with E-state index in [1.54, 1.807) is 7.11 Å². The van der Waals surface area contributed by atoms with Crippen molar-refractivity contribution in [3.05, 3.63) is 64.1 Å². The number of nitrogens with zero attached hydrogens (tertiary/aromatic N) is 3. The molecule has 2 aromatic rings. The van der Waals surface area contributed by atoms with E-state index in [2.05, 4.69) is 17.2 Å². The third-order valence-electron chi connectivity index (χ3n) is 4.55. The highest BCUT2D eigenvalue weighted by Crippen LogP contribution is 2.22. The number of likely N-dealkylation sites (tertiary alicyclic amines) is 1. The van der Waals surface area contributed by atoms with Crippen LogP contribution in [0.25, 0.3) is 0 Å². The molecule has 1 atom stereocenters. The van der Waals surface area contributed by atoms with E-state index in [0.29, 0.717) is 18.8 Å². The molecule has 1 aromatic carbocycles. The topological polar surface area (TPSA) is 64.4 Å². The lowest BCUT2D eigenvalue weighted by Gasteiger charge is -2.24. The molecule has 0 radical (unpaired) electrons. The second-order valence-electron chi connectivity index (χ2n) is 6.26. The molecular formula is C19H23N3O3. The molecule has 0 unspecified atom stereocenters. The molecule has 0 saturated carbocycles. The van der Waals surface area contributed by atoms with E-state index in [9.17, 15) is 9.59 Å². The maximum atomic E-state index is 12.9. The molecular weight excluding hydrogens is 318 g/mol. The number of carbonyl (C=O) groups is 1. The second kappa shape index (κ2) is 8.07. The molecule has 0 spiro atoms. The molecule has 25 heavy (non-hydrogen) atoms. The summed E-state index contributed by atoms with van der Waals surface area (Å²) in [6, 6.07) is 13.3. The van der Waals surface area contributed by atoms with Crippen molar-refractivity contribution in [3.8, 4) is 0 Å². The van der Waals surface area contributed by atoms with Gasteiger partial charge in [0.15, 0.2) is 0 Å². The fourth-order valence-electron chi connectivity index (χ4n) is 3.25. The maximum Gasteiger partial charge on any atom is 0.274 e. The van der Waals surface area contributed by atoms with Gasteiger partial charge in [-0.25, -0.2) is 4.68 Å². The van der Waals surface area contributed by atoms with Crippen LogP contribution in [0.3, 0.4) is 0 Å². The summed E-state index contributed by atoms with van der Waals surface area (Å²) in [5.74, 6) is -0.107. The molecule has 132 valence electrons. The fourth-order valence-corrected chi connectivity index (χ4v) is 3.25. The Hall–Kier alpha value is -2.47. The molecule has 1 aliphatic rings. The first-order valence-corrected chi connectivity index (χ1v) is 8.61. The van der Waals surface area contributed by atoms with Crippen LogP contribution in [0, 0.1) is 0 Å². The highest BCUT2D eigenvalue weighted by Gasteiger charge is 2.30. The lowest BCUT2D eigenvalue weighted by Crippen LogP contribution is -2.38. The minimum absolute atomic E-state index is 0.107. The summed E-state index contributed by atoms with van der Waals surface area (Å²) in [7, 11) is 1.57. The smallest absolute Gasteiger partial charge is 0.274 e. The number of hydrogen-bond donors (Lipinski definition) is 0. The Morgan fingerprint density at radius 1 is 1.24 bits per heavy atom. The fraction of sp³-hybridized carbons (Fsp3) is 0.421. The number of benzene rings is 1. The lowest BCUT2D eigenvalue weighted by molar-refractivity contribution is 0.0726. The number of rotatable bonds is 6. The summed E-state index contributed by atoms with van der Waals surface area (Å²) in [5, 5.41) is 4.23. The van der Waals surface area contributed by atoms with Crippen molar-refractivity contribution in [2.45, 2.75) is 31.8 Å². The van der Waals surface area contributed by atoms with Gasteiger partial charge in [-0.1, -0.05) is 30.3 Å². The molecule has 1 aromatic heterocycles. The van der Waals surface area contributed by atoms with Crippen molar-refractivity contribution in [2.75, 3.05) is 20.3 Å². The molecule has 2 heterocycles. The number of aromatic nitrogens is 2. The van der Waals surface area contributed by atoms with Gasteiger partial charge in [0.25, 0.3) is 11.5 Å². The van der Waals surface area contributed by atoms with Gasteiger partial charge in [-0.2, -0.15) is 5.10 Å². The van der Waals surface area contributed by atoms with Crippen LogP contribution < -0.4 is 5.56 Å². The standard InChI is InChI=1S/C19H23N3O3/c1-25-13-12-22-18(23)10-9-17(20-22)19(24)21-11-5-8-16(21)14-15-6-3-2-4-7-15/h2-4,6-7,9-10,16H,5,8,11-14H2,1H3/t16-/m0/s1. The lowest BCUT2D eigenvalue weighted by atomic mass is 10.0. The summed E-state index contributed by atoms with van der Waals surface area (Å²) in [4.78, 5) is 26.6. The van der Waals surface area contributed by atoms with Crippen molar-refractivity contribution in [1.29, 1.82) is 0 Å². The molecule has 0 bridgehead atoms. The maximum absolute atomic E-state index is 12.9. The summed E-state index contributed by atoms with van der Waals surface area (Å²) in [6.45, 7) is 1.45. The summed E-state index contributed by atoms with van der Waals surface area (Å²) in [5.41, 5.74) is 1.32. The molecule has 1 amide bonds. The van der Waals surface area contributed by atoms with Crippen LogP contribution in [-0.4, -0.2) is 46.9 Å². The first-order chi connectivity index (χ1) is 12.2. The highest BCUT2D eigenvalue weighted by molar-refractivity contribution is 5.92. The molecule has 1 fully saturated rings. The number of carbonyl (C=O) groups excluding carboxylic acids is 1. The van der Waals surface area contributed by atoms with Gasteiger partial charge in [0, 0.05) is 25.8 Å². The molecule has 3 rings (SSSR count). The van der Waals surface area contributed by atoms with Crippen LogP contribution in [0.15, 0.2) is 47.3 Å². The second-order valence-corrected chi connectivity index (χ2v) is 6.26. The van der Waals surface area contributed by atoms with Gasteiger partial charge in [0.1, 0.15) is 5.69 Å². The van der Waals surface area contributed by atoms with Gasteiger partial charge >= 0.3 is 0 Å². The Kier molecular flexibility index (Phi) is 5.60. The van der Waals surface area contributed by atoms with Crippen molar-refractivity contribution < 1.29 is 9.53 Å². The van der Waals surface area contributed by atoms with E-state index >= 15 is 0 Å².